The fraction of sp³-hybridized carbons (Fsp3) is 0.316. The Bertz CT molecular complexity index is 801. The summed E-state index contributed by atoms with van der Waals surface area (Å²) in [6.07, 6.45) is 7.40. The molecule has 0 spiro atoms. The Balaban J connectivity index is 1.83. The summed E-state index contributed by atoms with van der Waals surface area (Å²) >= 11 is 0. The number of rotatable bonds is 6. The average molecular weight is 371 g/mol. The molecule has 1 fully saturated rings. The minimum absolute atomic E-state index is 0.0510. The van der Waals surface area contributed by atoms with E-state index in [-0.39, 0.29) is 11.8 Å². The number of nitrogens with zero attached hydrogens (tertiary/aromatic N) is 2. The van der Waals surface area contributed by atoms with E-state index in [2.05, 4.69) is 15.5 Å². The van der Waals surface area contributed by atoms with Gasteiger partial charge in [0.2, 0.25) is 0 Å². The van der Waals surface area contributed by atoms with Gasteiger partial charge in [-0.3, -0.25) is 9.00 Å². The van der Waals surface area contributed by atoms with Crippen LogP contribution in [0, 0.1) is 0 Å². The number of hydrogen-bond donors (Lipinski definition) is 1. The van der Waals surface area contributed by atoms with E-state index in [1.54, 1.807) is 54.9 Å². The highest BCUT2D eigenvalue weighted by molar-refractivity contribution is 7.84. The number of benzene rings is 1. The zero-order chi connectivity index (χ0) is 18.4. The van der Waals surface area contributed by atoms with Crippen LogP contribution < -0.4 is 5.32 Å². The summed E-state index contributed by atoms with van der Waals surface area (Å²) in [4.78, 5) is 23.1. The number of oxime groups is 1. The van der Waals surface area contributed by atoms with Crippen molar-refractivity contribution < 1.29 is 13.8 Å². The molecule has 1 amide bonds. The zero-order valence-corrected chi connectivity index (χ0v) is 15.4. The van der Waals surface area contributed by atoms with E-state index in [0.717, 1.165) is 25.7 Å². The first-order valence-corrected chi connectivity index (χ1v) is 10.1. The highest BCUT2D eigenvalue weighted by Crippen LogP contribution is 2.21. The predicted octanol–water partition coefficient (Wildman–Crippen LogP) is 3.12. The molecule has 136 valence electrons. The van der Waals surface area contributed by atoms with Crippen molar-refractivity contribution in [3.8, 4) is 0 Å². The molecule has 1 aliphatic carbocycles. The summed E-state index contributed by atoms with van der Waals surface area (Å²) in [6.45, 7) is 0. The Kier molecular flexibility index (Phi) is 6.12. The molecule has 1 aliphatic rings. The van der Waals surface area contributed by atoms with E-state index in [1.165, 1.54) is 0 Å². The highest BCUT2D eigenvalue weighted by atomic mass is 32.2. The maximum atomic E-state index is 12.7. The molecule has 7 heteroatoms. The van der Waals surface area contributed by atoms with Crippen molar-refractivity contribution in [1.82, 2.24) is 4.98 Å². The Morgan fingerprint density at radius 3 is 2.54 bits per heavy atom. The van der Waals surface area contributed by atoms with Gasteiger partial charge in [0.15, 0.2) is 5.71 Å². The lowest BCUT2D eigenvalue weighted by Gasteiger charge is -2.11. The van der Waals surface area contributed by atoms with E-state index < -0.39 is 16.7 Å². The van der Waals surface area contributed by atoms with Crippen LogP contribution in [0.4, 0.5) is 5.82 Å². The second-order valence-electron chi connectivity index (χ2n) is 6.10. The van der Waals surface area contributed by atoms with Gasteiger partial charge in [0.05, 0.1) is 0 Å². The van der Waals surface area contributed by atoms with Gasteiger partial charge in [-0.05, 0) is 49.9 Å². The molecule has 2 aromatic rings. The van der Waals surface area contributed by atoms with E-state index in [0.29, 0.717) is 16.3 Å². The fourth-order valence-corrected chi connectivity index (χ4v) is 3.28. The second kappa shape index (κ2) is 8.71. The first-order chi connectivity index (χ1) is 12.6. The third-order valence-electron chi connectivity index (χ3n) is 4.18. The van der Waals surface area contributed by atoms with E-state index in [1.807, 2.05) is 0 Å². The Hall–Kier alpha value is -2.54. The SMILES string of the molecule is CS(=O)c1ccc(/C(=N\OC2CCCC2)C(=O)Nc2ccccn2)cc1. The summed E-state index contributed by atoms with van der Waals surface area (Å²) in [5.74, 6) is 0.0458. The van der Waals surface area contributed by atoms with Crippen LogP contribution in [0.5, 0.6) is 0 Å². The Morgan fingerprint density at radius 1 is 1.19 bits per heavy atom. The summed E-state index contributed by atoms with van der Waals surface area (Å²) in [5.41, 5.74) is 0.779. The van der Waals surface area contributed by atoms with Crippen LogP contribution >= 0.6 is 0 Å². The molecule has 0 bridgehead atoms. The van der Waals surface area contributed by atoms with Crippen LogP contribution in [0.1, 0.15) is 31.2 Å². The van der Waals surface area contributed by atoms with Crippen molar-refractivity contribution in [1.29, 1.82) is 0 Å². The molecule has 0 radical (unpaired) electrons. The van der Waals surface area contributed by atoms with Gasteiger partial charge in [0.25, 0.3) is 5.91 Å². The number of nitrogens with one attached hydrogen (secondary N) is 1. The lowest BCUT2D eigenvalue weighted by Crippen LogP contribution is -2.25. The number of carbonyl (C=O) groups is 1. The van der Waals surface area contributed by atoms with Crippen LogP contribution in [0.3, 0.4) is 0 Å². The van der Waals surface area contributed by atoms with Crippen molar-refractivity contribution in [3.63, 3.8) is 0 Å². The summed E-state index contributed by atoms with van der Waals surface area (Å²) in [7, 11) is -1.08. The molecule has 0 aliphatic heterocycles. The van der Waals surface area contributed by atoms with Crippen molar-refractivity contribution in [2.24, 2.45) is 5.16 Å². The van der Waals surface area contributed by atoms with Crippen LogP contribution in [-0.4, -0.2) is 33.2 Å². The van der Waals surface area contributed by atoms with Crippen molar-refractivity contribution in [2.45, 2.75) is 36.7 Å². The molecule has 1 aromatic carbocycles. The Morgan fingerprint density at radius 2 is 1.92 bits per heavy atom. The smallest absolute Gasteiger partial charge is 0.279 e. The average Bonchev–Trinajstić information content (AvgIpc) is 3.16. The number of carbonyl (C=O) groups excluding carboxylic acids is 1. The first kappa shape index (κ1) is 18.3. The van der Waals surface area contributed by atoms with Crippen LogP contribution in [-0.2, 0) is 20.4 Å². The topological polar surface area (TPSA) is 80.6 Å². The molecule has 0 saturated heterocycles. The largest absolute Gasteiger partial charge is 0.392 e. The molecule has 3 rings (SSSR count). The zero-order valence-electron chi connectivity index (χ0n) is 14.6. The number of amides is 1. The number of hydrogen-bond acceptors (Lipinski definition) is 5. The third kappa shape index (κ3) is 4.76. The quantitative estimate of drug-likeness (QED) is 0.625. The summed E-state index contributed by atoms with van der Waals surface area (Å²) in [6, 6.07) is 12.2. The van der Waals surface area contributed by atoms with Gasteiger partial charge in [-0.15, -0.1) is 0 Å². The van der Waals surface area contributed by atoms with Gasteiger partial charge in [-0.25, -0.2) is 4.98 Å². The van der Waals surface area contributed by atoms with E-state index in [9.17, 15) is 9.00 Å². The predicted molar refractivity (Wildman–Crippen MR) is 102 cm³/mol. The maximum Gasteiger partial charge on any atom is 0.279 e. The fourth-order valence-electron chi connectivity index (χ4n) is 2.76. The molecule has 1 atom stereocenters. The monoisotopic (exact) mass is 371 g/mol. The molecule has 1 saturated carbocycles. The molecule has 1 unspecified atom stereocenters. The summed E-state index contributed by atoms with van der Waals surface area (Å²) in [5, 5.41) is 6.88. The maximum absolute atomic E-state index is 12.7. The standard InChI is InChI=1S/C19H21N3O3S/c1-26(24)16-11-9-14(10-12-16)18(22-25-15-6-2-3-7-15)19(23)21-17-8-4-5-13-20-17/h4-5,8-13,15H,2-3,6-7H2,1H3,(H,20,21,23)/b22-18+. The Labute approximate surface area is 155 Å². The van der Waals surface area contributed by atoms with E-state index >= 15 is 0 Å². The molecular formula is C19H21N3O3S. The van der Waals surface area contributed by atoms with E-state index in [4.69, 9.17) is 4.84 Å². The lowest BCUT2D eigenvalue weighted by molar-refractivity contribution is -0.110. The minimum Gasteiger partial charge on any atom is -0.392 e. The second-order valence-corrected chi connectivity index (χ2v) is 7.48. The number of pyridine rings is 1. The summed E-state index contributed by atoms with van der Waals surface area (Å²) < 4.78 is 11.6. The van der Waals surface area contributed by atoms with Gasteiger partial charge < -0.3 is 10.2 Å². The van der Waals surface area contributed by atoms with Crippen LogP contribution in [0.25, 0.3) is 0 Å². The van der Waals surface area contributed by atoms with Gasteiger partial charge in [0, 0.05) is 33.7 Å². The molecule has 26 heavy (non-hydrogen) atoms. The number of anilines is 1. The molecule has 1 aromatic heterocycles. The van der Waals surface area contributed by atoms with Crippen molar-refractivity contribution in [3.05, 3.63) is 54.2 Å². The molecule has 1 heterocycles. The van der Waals surface area contributed by atoms with Crippen molar-refractivity contribution in [2.75, 3.05) is 11.6 Å². The van der Waals surface area contributed by atoms with Crippen LogP contribution in [0.2, 0.25) is 0 Å². The van der Waals surface area contributed by atoms with Gasteiger partial charge in [-0.2, -0.15) is 0 Å². The normalized spacial score (nSPS) is 16.3. The van der Waals surface area contributed by atoms with Crippen molar-refractivity contribution >= 4 is 28.2 Å². The lowest BCUT2D eigenvalue weighted by atomic mass is 10.1. The number of aromatic nitrogens is 1. The first-order valence-electron chi connectivity index (χ1n) is 8.53. The van der Waals surface area contributed by atoms with Gasteiger partial charge in [0.1, 0.15) is 11.9 Å². The molecule has 6 nitrogen and oxygen atoms in total. The van der Waals surface area contributed by atoms with Crippen LogP contribution in [0.15, 0.2) is 58.7 Å². The molecule has 1 N–H and O–H groups in total. The minimum atomic E-state index is -1.08. The third-order valence-corrected chi connectivity index (χ3v) is 5.11. The molecular weight excluding hydrogens is 350 g/mol. The van der Waals surface area contributed by atoms with Gasteiger partial charge >= 0.3 is 0 Å². The highest BCUT2D eigenvalue weighted by Gasteiger charge is 2.20. The van der Waals surface area contributed by atoms with Gasteiger partial charge in [-0.1, -0.05) is 23.4 Å².